The van der Waals surface area contributed by atoms with Gasteiger partial charge in [0.1, 0.15) is 11.9 Å². The molecule has 1 aliphatic rings. The molecule has 1 aromatic rings. The van der Waals surface area contributed by atoms with Crippen LogP contribution in [0.1, 0.15) is 25.3 Å². The first-order valence-electron chi connectivity index (χ1n) is 7.00. The predicted molar refractivity (Wildman–Crippen MR) is 75.0 cm³/mol. The van der Waals surface area contributed by atoms with Crippen molar-refractivity contribution in [1.29, 1.82) is 0 Å². The molecule has 0 amide bonds. The summed E-state index contributed by atoms with van der Waals surface area (Å²) >= 11 is 0. The number of rotatable bonds is 5. The van der Waals surface area contributed by atoms with Crippen LogP contribution in [-0.4, -0.2) is 37.2 Å². The van der Waals surface area contributed by atoms with Crippen LogP contribution in [0, 0.1) is 0 Å². The van der Waals surface area contributed by atoms with Crippen LogP contribution in [0.15, 0.2) is 24.3 Å². The summed E-state index contributed by atoms with van der Waals surface area (Å²) in [6.07, 6.45) is 3.60. The fourth-order valence-corrected chi connectivity index (χ4v) is 2.44. The lowest BCUT2D eigenvalue weighted by Crippen LogP contribution is -2.37. The molecule has 0 unspecified atom stereocenters. The van der Waals surface area contributed by atoms with Crippen LogP contribution < -0.4 is 10.5 Å². The lowest BCUT2D eigenvalue weighted by Gasteiger charge is -2.31. The molecule has 1 fully saturated rings. The highest BCUT2D eigenvalue weighted by Crippen LogP contribution is 2.19. The van der Waals surface area contributed by atoms with E-state index in [1.165, 1.54) is 5.56 Å². The van der Waals surface area contributed by atoms with Gasteiger partial charge in [-0.3, -0.25) is 0 Å². The Balaban J connectivity index is 1.82. The van der Waals surface area contributed by atoms with Crippen LogP contribution in [0.3, 0.4) is 0 Å². The fraction of sp³-hybridized carbons (Fsp3) is 0.600. The zero-order chi connectivity index (χ0) is 12.8. The molecule has 0 bridgehead atoms. The summed E-state index contributed by atoms with van der Waals surface area (Å²) < 4.78 is 6.02. The van der Waals surface area contributed by atoms with Gasteiger partial charge in [0.15, 0.2) is 0 Å². The molecular weight excluding hydrogens is 224 g/mol. The zero-order valence-electron chi connectivity index (χ0n) is 11.3. The van der Waals surface area contributed by atoms with E-state index in [2.05, 4.69) is 36.1 Å². The van der Waals surface area contributed by atoms with Gasteiger partial charge < -0.3 is 15.4 Å². The second-order valence-corrected chi connectivity index (χ2v) is 4.93. The third kappa shape index (κ3) is 3.72. The van der Waals surface area contributed by atoms with Crippen molar-refractivity contribution in [1.82, 2.24) is 4.90 Å². The van der Waals surface area contributed by atoms with Gasteiger partial charge >= 0.3 is 0 Å². The molecule has 1 aromatic carbocycles. The molecule has 18 heavy (non-hydrogen) atoms. The predicted octanol–water partition coefficient (Wildman–Crippen LogP) is 2.05. The number of likely N-dealkylation sites (tertiary alicyclic amines) is 1. The maximum absolute atomic E-state index is 6.02. The Bertz CT molecular complexity index is 342. The molecule has 3 heteroatoms. The van der Waals surface area contributed by atoms with Crippen molar-refractivity contribution in [2.24, 2.45) is 5.73 Å². The zero-order valence-corrected chi connectivity index (χ0v) is 11.3. The van der Waals surface area contributed by atoms with Crippen molar-refractivity contribution in [2.45, 2.75) is 32.3 Å². The van der Waals surface area contributed by atoms with E-state index in [-0.39, 0.29) is 0 Å². The van der Waals surface area contributed by atoms with E-state index >= 15 is 0 Å². The summed E-state index contributed by atoms with van der Waals surface area (Å²) in [4.78, 5) is 2.48. The number of benzene rings is 1. The van der Waals surface area contributed by atoms with Gasteiger partial charge in [-0.05, 0) is 50.0 Å². The maximum atomic E-state index is 6.02. The average molecular weight is 248 g/mol. The number of piperidine rings is 1. The van der Waals surface area contributed by atoms with E-state index < -0.39 is 0 Å². The second-order valence-electron chi connectivity index (χ2n) is 4.93. The molecule has 2 rings (SSSR count). The molecule has 3 nitrogen and oxygen atoms in total. The molecule has 0 aromatic heterocycles. The summed E-state index contributed by atoms with van der Waals surface area (Å²) in [5.74, 6) is 0.991. The number of nitrogens with zero attached hydrogens (tertiary/aromatic N) is 1. The van der Waals surface area contributed by atoms with Gasteiger partial charge in [-0.25, -0.2) is 0 Å². The van der Waals surface area contributed by atoms with Crippen molar-refractivity contribution >= 4 is 0 Å². The largest absolute Gasteiger partial charge is 0.490 e. The summed E-state index contributed by atoms with van der Waals surface area (Å²) in [5.41, 5.74) is 6.82. The van der Waals surface area contributed by atoms with Crippen LogP contribution in [0.2, 0.25) is 0 Å². The van der Waals surface area contributed by atoms with E-state index in [0.717, 1.165) is 44.6 Å². The molecule has 1 saturated heterocycles. The van der Waals surface area contributed by atoms with Crippen LogP contribution in [0.4, 0.5) is 0 Å². The molecule has 0 atom stereocenters. The van der Waals surface area contributed by atoms with Gasteiger partial charge in [0.05, 0.1) is 0 Å². The van der Waals surface area contributed by atoms with Crippen LogP contribution in [-0.2, 0) is 6.42 Å². The van der Waals surface area contributed by atoms with Crippen LogP contribution in [0.25, 0.3) is 0 Å². The average Bonchev–Trinajstić information content (AvgIpc) is 2.42. The molecule has 0 aliphatic carbocycles. The molecule has 0 saturated carbocycles. The third-order valence-electron chi connectivity index (χ3n) is 3.64. The third-order valence-corrected chi connectivity index (χ3v) is 3.64. The van der Waals surface area contributed by atoms with E-state index in [4.69, 9.17) is 10.5 Å². The quantitative estimate of drug-likeness (QED) is 0.866. The Morgan fingerprint density at radius 1 is 1.22 bits per heavy atom. The fourth-order valence-electron chi connectivity index (χ4n) is 2.44. The maximum Gasteiger partial charge on any atom is 0.119 e. The topological polar surface area (TPSA) is 38.5 Å². The number of hydrogen-bond acceptors (Lipinski definition) is 3. The highest BCUT2D eigenvalue weighted by molar-refractivity contribution is 5.27. The van der Waals surface area contributed by atoms with Crippen molar-refractivity contribution < 1.29 is 4.74 Å². The molecule has 2 N–H and O–H groups in total. The summed E-state index contributed by atoms with van der Waals surface area (Å²) in [6, 6.07) is 8.36. The summed E-state index contributed by atoms with van der Waals surface area (Å²) in [7, 11) is 0. The van der Waals surface area contributed by atoms with Gasteiger partial charge in [0, 0.05) is 13.1 Å². The van der Waals surface area contributed by atoms with E-state index in [9.17, 15) is 0 Å². The number of nitrogens with two attached hydrogens (primary N) is 1. The van der Waals surface area contributed by atoms with Crippen molar-refractivity contribution in [3.8, 4) is 5.75 Å². The standard InChI is InChI=1S/C15H24N2O/c1-2-17-11-8-15(9-12-17)18-14-5-3-13(4-6-14)7-10-16/h3-6,15H,2,7-12,16H2,1H3. The number of hydrogen-bond donors (Lipinski definition) is 1. The van der Waals surface area contributed by atoms with Crippen molar-refractivity contribution in [3.05, 3.63) is 29.8 Å². The van der Waals surface area contributed by atoms with Crippen molar-refractivity contribution in [3.63, 3.8) is 0 Å². The highest BCUT2D eigenvalue weighted by Gasteiger charge is 2.19. The van der Waals surface area contributed by atoms with Gasteiger partial charge in [0.2, 0.25) is 0 Å². The van der Waals surface area contributed by atoms with Gasteiger partial charge in [-0.1, -0.05) is 19.1 Å². The van der Waals surface area contributed by atoms with Gasteiger partial charge in [0.25, 0.3) is 0 Å². The van der Waals surface area contributed by atoms with E-state index in [0.29, 0.717) is 12.6 Å². The van der Waals surface area contributed by atoms with Crippen LogP contribution in [0.5, 0.6) is 5.75 Å². The minimum absolute atomic E-state index is 0.383. The van der Waals surface area contributed by atoms with E-state index in [1.54, 1.807) is 0 Å². The first-order chi connectivity index (χ1) is 8.81. The first kappa shape index (κ1) is 13.4. The minimum atomic E-state index is 0.383. The summed E-state index contributed by atoms with van der Waals surface area (Å²) in [5, 5.41) is 0. The first-order valence-corrected chi connectivity index (χ1v) is 7.00. The summed E-state index contributed by atoms with van der Waals surface area (Å²) in [6.45, 7) is 6.40. The van der Waals surface area contributed by atoms with Gasteiger partial charge in [-0.15, -0.1) is 0 Å². The Hall–Kier alpha value is -1.06. The Morgan fingerprint density at radius 3 is 2.44 bits per heavy atom. The molecule has 1 aliphatic heterocycles. The molecule has 0 radical (unpaired) electrons. The van der Waals surface area contributed by atoms with Crippen LogP contribution >= 0.6 is 0 Å². The number of ether oxygens (including phenoxy) is 1. The molecule has 0 spiro atoms. The van der Waals surface area contributed by atoms with Gasteiger partial charge in [-0.2, -0.15) is 0 Å². The lowest BCUT2D eigenvalue weighted by molar-refractivity contribution is 0.104. The minimum Gasteiger partial charge on any atom is -0.490 e. The highest BCUT2D eigenvalue weighted by atomic mass is 16.5. The molecule has 100 valence electrons. The lowest BCUT2D eigenvalue weighted by atomic mass is 10.1. The monoisotopic (exact) mass is 248 g/mol. The SMILES string of the molecule is CCN1CCC(Oc2ccc(CCN)cc2)CC1. The van der Waals surface area contributed by atoms with E-state index in [1.807, 2.05) is 0 Å². The Labute approximate surface area is 110 Å². The Kier molecular flexibility index (Phi) is 5.02. The Morgan fingerprint density at radius 2 is 1.89 bits per heavy atom. The van der Waals surface area contributed by atoms with Crippen molar-refractivity contribution in [2.75, 3.05) is 26.2 Å². The smallest absolute Gasteiger partial charge is 0.119 e. The normalized spacial score (nSPS) is 17.9. The molecular formula is C15H24N2O. The molecule has 1 heterocycles. The second kappa shape index (κ2) is 6.76.